The highest BCUT2D eigenvalue weighted by Gasteiger charge is 3.00. The molecule has 1 fully saturated rings. The first kappa shape index (κ1) is 28.4. The highest BCUT2D eigenvalue weighted by atomic mass is 28.4. The van der Waals surface area contributed by atoms with Crippen molar-refractivity contribution in [2.75, 3.05) is 7.11 Å². The van der Waals surface area contributed by atoms with Gasteiger partial charge in [0, 0.05) is 16.4 Å². The zero-order chi connectivity index (χ0) is 27.1. The summed E-state index contributed by atoms with van der Waals surface area (Å²) in [4.78, 5) is 0. The summed E-state index contributed by atoms with van der Waals surface area (Å²) in [6, 6.07) is 0. The Labute approximate surface area is 216 Å². The van der Waals surface area contributed by atoms with Crippen LogP contribution in [0.4, 0.5) is 0 Å². The van der Waals surface area contributed by atoms with E-state index < -0.39 is 17.1 Å². The Bertz CT molecular complexity index is 876. The quantitative estimate of drug-likeness (QED) is 0.325. The van der Waals surface area contributed by atoms with Gasteiger partial charge in [-0.3, -0.25) is 0 Å². The maximum atomic E-state index is 6.95. The van der Waals surface area contributed by atoms with Crippen LogP contribution in [-0.2, 0) is 4.43 Å². The molecule has 3 aliphatic rings. The fraction of sp³-hybridized carbons (Fsp3) is 0.871. The predicted octanol–water partition coefficient (Wildman–Crippen LogP) is 9.62. The largest absolute Gasteiger partial charge is 0.418 e. The van der Waals surface area contributed by atoms with Crippen molar-refractivity contribution in [3.8, 4) is 0 Å². The molecular weight excluding hydrogens is 445 g/mol. The summed E-state index contributed by atoms with van der Waals surface area (Å²) >= 11 is 0. The summed E-state index contributed by atoms with van der Waals surface area (Å²) < 4.78 is 7.40. The Morgan fingerprint density at radius 3 is 0.912 bits per heavy atom. The molecule has 0 amide bonds. The van der Waals surface area contributed by atoms with Crippen molar-refractivity contribution < 1.29 is 4.43 Å². The van der Waals surface area contributed by atoms with Crippen molar-refractivity contribution in [1.82, 2.24) is 0 Å². The summed E-state index contributed by atoms with van der Waals surface area (Å²) in [5, 5.41) is 3.78. The van der Waals surface area contributed by atoms with Crippen molar-refractivity contribution in [3.63, 3.8) is 0 Å². The van der Waals surface area contributed by atoms with Gasteiger partial charge >= 0.3 is 0 Å². The van der Waals surface area contributed by atoms with Crippen LogP contribution in [0.2, 0.25) is 9.32 Å². The Morgan fingerprint density at radius 1 is 0.500 bits per heavy atom. The lowest BCUT2D eigenvalue weighted by Crippen LogP contribution is -2.98. The number of allylic oxidation sites excluding steroid dienone is 4. The van der Waals surface area contributed by atoms with E-state index in [1.165, 1.54) is 0 Å². The Hall–Kier alpha value is -0.126. The molecule has 0 aromatic rings. The average Bonchev–Trinajstić information content (AvgIpc) is 2.43. The van der Waals surface area contributed by atoms with Gasteiger partial charge in [-0.25, -0.2) is 0 Å². The maximum Gasteiger partial charge on any atom is 0.229 e. The summed E-state index contributed by atoms with van der Waals surface area (Å²) in [5.41, 5.74) is 4.56. The average molecular weight is 502 g/mol. The van der Waals surface area contributed by atoms with E-state index in [-0.39, 0.29) is 41.8 Å². The molecule has 3 rings (SSSR count). The predicted molar refractivity (Wildman–Crippen MR) is 155 cm³/mol. The van der Waals surface area contributed by atoms with E-state index >= 15 is 0 Å². The summed E-state index contributed by atoms with van der Waals surface area (Å²) in [5.74, 6) is 0. The fourth-order valence-corrected chi connectivity index (χ4v) is 30.1. The summed E-state index contributed by atoms with van der Waals surface area (Å²) in [6.45, 7) is 45.3. The molecule has 34 heavy (non-hydrogen) atoms. The van der Waals surface area contributed by atoms with Gasteiger partial charge in [0.05, 0.1) is 0 Å². The molecule has 3 heterocycles. The molecule has 0 saturated carbocycles. The lowest BCUT2D eigenvalue weighted by atomic mass is 9.68. The van der Waals surface area contributed by atoms with E-state index in [4.69, 9.17) is 4.43 Å². The molecule has 1 nitrogen and oxygen atoms in total. The lowest BCUT2D eigenvalue weighted by Gasteiger charge is -2.94. The normalized spacial score (nSPS) is 33.3. The van der Waals surface area contributed by atoms with Gasteiger partial charge in [-0.1, -0.05) is 146 Å². The van der Waals surface area contributed by atoms with Crippen LogP contribution >= 0.6 is 0 Å². The van der Waals surface area contributed by atoms with Crippen LogP contribution in [0.25, 0.3) is 0 Å². The maximum absolute atomic E-state index is 6.95. The standard InChI is InChI=1S/C31H57OSi2/c1-24(2,3)20-22(26(7,8)9)34-23(27(10,11)12)21(25(4,5)6)31(34,29(16,17)18)33(32-19)30(20,34)28(13,14)15/h1-19H3. The molecule has 1 radical (unpaired) electrons. The molecule has 0 bridgehead atoms. The Kier molecular flexibility index (Phi) is 5.72. The van der Waals surface area contributed by atoms with Crippen LogP contribution in [0.15, 0.2) is 21.5 Å². The van der Waals surface area contributed by atoms with E-state index in [1.54, 1.807) is 11.1 Å². The van der Waals surface area contributed by atoms with Gasteiger partial charge in [0.25, 0.3) is 0 Å². The topological polar surface area (TPSA) is 9.23 Å². The third-order valence-corrected chi connectivity index (χ3v) is 24.4. The van der Waals surface area contributed by atoms with Crippen molar-refractivity contribution in [3.05, 3.63) is 21.5 Å². The molecule has 3 aliphatic heterocycles. The van der Waals surface area contributed by atoms with E-state index in [9.17, 15) is 0 Å². The van der Waals surface area contributed by atoms with Gasteiger partial charge < -0.3 is 4.43 Å². The van der Waals surface area contributed by atoms with Crippen LogP contribution in [-0.4, -0.2) is 24.2 Å². The molecular formula is C31H57OSi2. The highest BCUT2D eigenvalue weighted by molar-refractivity contribution is 7.25. The molecule has 1 spiro atoms. The number of hydrogen-bond donors (Lipinski definition) is 0. The molecule has 195 valence electrons. The van der Waals surface area contributed by atoms with Crippen molar-refractivity contribution in [1.29, 1.82) is 0 Å². The highest BCUT2D eigenvalue weighted by Crippen LogP contribution is 3.00. The second-order valence-electron chi connectivity index (χ2n) is 17.8. The summed E-state index contributed by atoms with van der Waals surface area (Å²) in [7, 11) is -1.29. The van der Waals surface area contributed by atoms with E-state index in [0.717, 1.165) is 0 Å². The van der Waals surface area contributed by atoms with Crippen molar-refractivity contribution in [2.45, 2.75) is 134 Å². The molecule has 0 aromatic carbocycles. The second kappa shape index (κ2) is 6.84. The van der Waals surface area contributed by atoms with Crippen LogP contribution in [0.1, 0.15) is 125 Å². The SMILES string of the molecule is CO[Si]1C2(C(C)(C)C)C(C(C)(C)C)=C(C(C)(C)C)[Si]23C(C(C)(C)C)=C(C(C)(C)C)C13C(C)(C)C. The molecule has 2 atom stereocenters. The third kappa shape index (κ3) is 2.71. The van der Waals surface area contributed by atoms with Crippen LogP contribution < -0.4 is 0 Å². The fourth-order valence-electron chi connectivity index (χ4n) is 9.56. The number of hydrogen-bond acceptors (Lipinski definition) is 1. The van der Waals surface area contributed by atoms with E-state index in [1.807, 2.05) is 10.4 Å². The minimum absolute atomic E-state index is 0.146. The first-order valence-corrected chi connectivity index (χ1v) is 17.0. The Morgan fingerprint density at radius 2 is 0.765 bits per heavy atom. The lowest BCUT2D eigenvalue weighted by molar-refractivity contribution is 0.153. The van der Waals surface area contributed by atoms with Gasteiger partial charge in [-0.2, -0.15) is 0 Å². The van der Waals surface area contributed by atoms with Crippen LogP contribution in [0.3, 0.4) is 0 Å². The second-order valence-corrected chi connectivity index (χ2v) is 25.3. The van der Waals surface area contributed by atoms with Crippen molar-refractivity contribution >= 4 is 17.1 Å². The van der Waals surface area contributed by atoms with E-state index in [0.29, 0.717) is 0 Å². The van der Waals surface area contributed by atoms with Gasteiger partial charge in [-0.05, 0) is 32.5 Å². The molecule has 0 N–H and O–H groups in total. The first-order valence-electron chi connectivity index (χ1n) is 13.6. The van der Waals surface area contributed by atoms with Crippen LogP contribution in [0, 0.1) is 32.5 Å². The molecule has 1 saturated heterocycles. The zero-order valence-corrected chi connectivity index (χ0v) is 28.4. The van der Waals surface area contributed by atoms with Gasteiger partial charge in [0.2, 0.25) is 9.04 Å². The monoisotopic (exact) mass is 501 g/mol. The van der Waals surface area contributed by atoms with Gasteiger partial charge in [0.1, 0.15) is 8.07 Å². The third-order valence-electron chi connectivity index (χ3n) is 9.26. The van der Waals surface area contributed by atoms with E-state index in [2.05, 4.69) is 132 Å². The zero-order valence-electron chi connectivity index (χ0n) is 26.4. The molecule has 2 unspecified atom stereocenters. The number of rotatable bonds is 1. The van der Waals surface area contributed by atoms with Gasteiger partial charge in [0.15, 0.2) is 0 Å². The molecule has 0 aliphatic carbocycles. The molecule has 0 aromatic heterocycles. The van der Waals surface area contributed by atoms with Crippen molar-refractivity contribution in [2.24, 2.45) is 32.5 Å². The van der Waals surface area contributed by atoms with Crippen LogP contribution in [0.5, 0.6) is 0 Å². The smallest absolute Gasteiger partial charge is 0.229 e. The summed E-state index contributed by atoms with van der Waals surface area (Å²) in [6.07, 6.45) is 0. The minimum atomic E-state index is -2.15. The first-order chi connectivity index (χ1) is 14.7. The Balaban J connectivity index is 2.76. The molecule has 3 heteroatoms. The van der Waals surface area contributed by atoms with Gasteiger partial charge in [-0.15, -0.1) is 0 Å². The minimum Gasteiger partial charge on any atom is -0.418 e.